The van der Waals surface area contributed by atoms with Gasteiger partial charge in [0.05, 0.1) is 23.3 Å². The summed E-state index contributed by atoms with van der Waals surface area (Å²) in [6, 6.07) is 1.86. The van der Waals surface area contributed by atoms with Gasteiger partial charge in [-0.25, -0.2) is 9.67 Å². The van der Waals surface area contributed by atoms with Gasteiger partial charge in [0.25, 0.3) is 0 Å². The SMILES string of the molecule is CC[C@@H](C)n1nccc1NC(=O)[C@H](C)N(C)Cc1cnc(C)s1. The van der Waals surface area contributed by atoms with Gasteiger partial charge in [-0.05, 0) is 34.2 Å². The van der Waals surface area contributed by atoms with Crippen molar-refractivity contribution in [2.45, 2.75) is 52.7 Å². The summed E-state index contributed by atoms with van der Waals surface area (Å²) in [4.78, 5) is 19.9. The molecule has 7 heteroatoms. The van der Waals surface area contributed by atoms with Crippen molar-refractivity contribution in [1.29, 1.82) is 0 Å². The van der Waals surface area contributed by atoms with E-state index in [4.69, 9.17) is 0 Å². The van der Waals surface area contributed by atoms with Gasteiger partial charge >= 0.3 is 0 Å². The number of carbonyl (C=O) groups excluding carboxylic acids is 1. The lowest BCUT2D eigenvalue weighted by molar-refractivity contribution is -0.120. The van der Waals surface area contributed by atoms with E-state index in [-0.39, 0.29) is 18.0 Å². The Kier molecular flexibility index (Phi) is 5.90. The van der Waals surface area contributed by atoms with Gasteiger partial charge in [0, 0.05) is 23.7 Å². The summed E-state index contributed by atoms with van der Waals surface area (Å²) in [6.45, 7) is 8.80. The van der Waals surface area contributed by atoms with Crippen LogP contribution in [0, 0.1) is 6.92 Å². The molecule has 0 bridgehead atoms. The lowest BCUT2D eigenvalue weighted by Crippen LogP contribution is -2.39. The number of amides is 1. The summed E-state index contributed by atoms with van der Waals surface area (Å²) >= 11 is 1.66. The number of hydrogen-bond acceptors (Lipinski definition) is 5. The van der Waals surface area contributed by atoms with Crippen LogP contribution in [0.15, 0.2) is 18.5 Å². The van der Waals surface area contributed by atoms with Crippen LogP contribution < -0.4 is 5.32 Å². The highest BCUT2D eigenvalue weighted by atomic mass is 32.1. The molecule has 2 heterocycles. The summed E-state index contributed by atoms with van der Waals surface area (Å²) in [5, 5.41) is 8.33. The first-order chi connectivity index (χ1) is 10.9. The molecule has 1 N–H and O–H groups in total. The fraction of sp³-hybridized carbons (Fsp3) is 0.562. The predicted octanol–water partition coefficient (Wildman–Crippen LogP) is 3.08. The molecule has 2 rings (SSSR count). The van der Waals surface area contributed by atoms with Crippen LogP contribution in [-0.4, -0.2) is 38.7 Å². The van der Waals surface area contributed by atoms with Crippen molar-refractivity contribution in [3.63, 3.8) is 0 Å². The number of rotatable bonds is 7. The van der Waals surface area contributed by atoms with Crippen LogP contribution in [0.5, 0.6) is 0 Å². The molecule has 0 aromatic carbocycles. The molecule has 2 aromatic heterocycles. The van der Waals surface area contributed by atoms with Crippen LogP contribution in [-0.2, 0) is 11.3 Å². The van der Waals surface area contributed by atoms with Crippen LogP contribution in [0.4, 0.5) is 5.82 Å². The third kappa shape index (κ3) is 4.39. The Balaban J connectivity index is 1.98. The number of hydrogen-bond donors (Lipinski definition) is 1. The van der Waals surface area contributed by atoms with Gasteiger partial charge in [0.2, 0.25) is 5.91 Å². The van der Waals surface area contributed by atoms with E-state index in [0.717, 1.165) is 22.1 Å². The molecule has 0 radical (unpaired) electrons. The minimum atomic E-state index is -0.238. The van der Waals surface area contributed by atoms with Crippen molar-refractivity contribution in [3.8, 4) is 0 Å². The van der Waals surface area contributed by atoms with Crippen LogP contribution in [0.1, 0.15) is 43.1 Å². The molecule has 23 heavy (non-hydrogen) atoms. The van der Waals surface area contributed by atoms with Crippen molar-refractivity contribution in [1.82, 2.24) is 19.7 Å². The zero-order chi connectivity index (χ0) is 17.0. The number of nitrogens with zero attached hydrogens (tertiary/aromatic N) is 4. The maximum atomic E-state index is 12.5. The molecular weight excluding hydrogens is 310 g/mol. The van der Waals surface area contributed by atoms with Gasteiger partial charge in [-0.2, -0.15) is 5.10 Å². The van der Waals surface area contributed by atoms with Crippen molar-refractivity contribution in [2.24, 2.45) is 0 Å². The van der Waals surface area contributed by atoms with E-state index in [1.807, 2.05) is 42.7 Å². The Morgan fingerprint density at radius 1 is 1.48 bits per heavy atom. The maximum Gasteiger partial charge on any atom is 0.242 e. The molecule has 6 nitrogen and oxygen atoms in total. The molecule has 2 aromatic rings. The van der Waals surface area contributed by atoms with Gasteiger partial charge in [0.1, 0.15) is 5.82 Å². The quantitative estimate of drug-likeness (QED) is 0.844. The van der Waals surface area contributed by atoms with Gasteiger partial charge in [-0.3, -0.25) is 9.69 Å². The molecule has 0 saturated carbocycles. The molecule has 0 unspecified atom stereocenters. The summed E-state index contributed by atoms with van der Waals surface area (Å²) in [5.74, 6) is 0.719. The number of likely N-dealkylation sites (N-methyl/N-ethyl adjacent to an activating group) is 1. The van der Waals surface area contributed by atoms with Crippen LogP contribution in [0.3, 0.4) is 0 Å². The van der Waals surface area contributed by atoms with Crippen molar-refractivity contribution < 1.29 is 4.79 Å². The summed E-state index contributed by atoms with van der Waals surface area (Å²) in [7, 11) is 1.95. The average molecular weight is 335 g/mol. The second kappa shape index (κ2) is 7.70. The fourth-order valence-corrected chi connectivity index (χ4v) is 3.09. The van der Waals surface area contributed by atoms with Crippen LogP contribution in [0.2, 0.25) is 0 Å². The largest absolute Gasteiger partial charge is 0.310 e. The molecule has 0 fully saturated rings. The first kappa shape index (κ1) is 17.6. The summed E-state index contributed by atoms with van der Waals surface area (Å²) in [5.41, 5.74) is 0. The van der Waals surface area contributed by atoms with Gasteiger partial charge < -0.3 is 5.32 Å². The number of carbonyl (C=O) groups is 1. The third-order valence-corrected chi connectivity index (χ3v) is 4.94. The third-order valence-electron chi connectivity index (χ3n) is 4.04. The topological polar surface area (TPSA) is 63.1 Å². The smallest absolute Gasteiger partial charge is 0.242 e. The van der Waals surface area contributed by atoms with Gasteiger partial charge in [-0.1, -0.05) is 6.92 Å². The van der Waals surface area contributed by atoms with Crippen molar-refractivity contribution >= 4 is 23.1 Å². The Morgan fingerprint density at radius 3 is 2.83 bits per heavy atom. The first-order valence-electron chi connectivity index (χ1n) is 7.88. The highest BCUT2D eigenvalue weighted by Crippen LogP contribution is 2.18. The normalized spacial score (nSPS) is 14.0. The van der Waals surface area contributed by atoms with E-state index in [1.54, 1.807) is 17.5 Å². The zero-order valence-electron chi connectivity index (χ0n) is 14.4. The molecule has 126 valence electrons. The minimum Gasteiger partial charge on any atom is -0.310 e. The Labute approximate surface area is 141 Å². The number of aryl methyl sites for hydroxylation is 1. The van der Waals surface area contributed by atoms with E-state index >= 15 is 0 Å². The molecule has 0 spiro atoms. The Hall–Kier alpha value is -1.73. The van der Waals surface area contributed by atoms with Gasteiger partial charge in [0.15, 0.2) is 0 Å². The average Bonchev–Trinajstić information content (AvgIpc) is 3.14. The number of aromatic nitrogens is 3. The second-order valence-electron chi connectivity index (χ2n) is 5.84. The van der Waals surface area contributed by atoms with Gasteiger partial charge in [-0.15, -0.1) is 11.3 Å². The Morgan fingerprint density at radius 2 is 2.22 bits per heavy atom. The zero-order valence-corrected chi connectivity index (χ0v) is 15.2. The standard InChI is InChI=1S/C16H25N5OS/c1-6-11(2)21-15(7-8-18-21)19-16(22)12(3)20(5)10-14-9-17-13(4)23-14/h7-9,11-12H,6,10H2,1-5H3,(H,19,22)/t11-,12+/m1/s1. The molecule has 0 saturated heterocycles. The molecule has 0 aliphatic rings. The van der Waals surface area contributed by atoms with Crippen LogP contribution in [0.25, 0.3) is 0 Å². The van der Waals surface area contributed by atoms with Crippen molar-refractivity contribution in [2.75, 3.05) is 12.4 Å². The monoisotopic (exact) mass is 335 g/mol. The van der Waals surface area contributed by atoms with Crippen molar-refractivity contribution in [3.05, 3.63) is 28.3 Å². The van der Waals surface area contributed by atoms with E-state index in [9.17, 15) is 4.79 Å². The summed E-state index contributed by atoms with van der Waals surface area (Å²) in [6.07, 6.45) is 4.56. The molecular formula is C16H25N5OS. The van der Waals surface area contributed by atoms with E-state index in [0.29, 0.717) is 6.54 Å². The molecule has 0 aliphatic carbocycles. The molecule has 0 aliphatic heterocycles. The van der Waals surface area contributed by atoms with E-state index in [1.165, 1.54) is 0 Å². The lowest BCUT2D eigenvalue weighted by Gasteiger charge is -2.23. The number of anilines is 1. The predicted molar refractivity (Wildman–Crippen MR) is 93.6 cm³/mol. The summed E-state index contributed by atoms with van der Waals surface area (Å²) < 4.78 is 1.86. The maximum absolute atomic E-state index is 12.5. The minimum absolute atomic E-state index is 0.0289. The van der Waals surface area contributed by atoms with E-state index < -0.39 is 0 Å². The lowest BCUT2D eigenvalue weighted by atomic mass is 10.2. The first-order valence-corrected chi connectivity index (χ1v) is 8.70. The Bertz CT molecular complexity index is 650. The molecule has 2 atom stereocenters. The van der Waals surface area contributed by atoms with E-state index in [2.05, 4.69) is 29.2 Å². The highest BCUT2D eigenvalue weighted by Gasteiger charge is 2.20. The molecule has 1 amide bonds. The highest BCUT2D eigenvalue weighted by molar-refractivity contribution is 7.11. The second-order valence-corrected chi connectivity index (χ2v) is 7.16. The number of thiazole rings is 1. The van der Waals surface area contributed by atoms with Crippen LogP contribution >= 0.6 is 11.3 Å². The fourth-order valence-electron chi connectivity index (χ4n) is 2.23. The number of nitrogens with one attached hydrogen (secondary N) is 1.